The highest BCUT2D eigenvalue weighted by Gasteiger charge is 2.09. The van der Waals surface area contributed by atoms with E-state index in [2.05, 4.69) is 15.4 Å². The number of hydrogen-bond acceptors (Lipinski definition) is 6. The topological polar surface area (TPSA) is 82.3 Å². The van der Waals surface area contributed by atoms with Gasteiger partial charge in [-0.3, -0.25) is 0 Å². The van der Waals surface area contributed by atoms with Crippen molar-refractivity contribution in [3.63, 3.8) is 0 Å². The number of nitrogens with two attached hydrogens (primary N) is 1. The maximum absolute atomic E-state index is 5.38. The largest absolute Gasteiger partial charge is 0.493 e. The molecule has 0 atom stereocenters. The van der Waals surface area contributed by atoms with Crippen LogP contribution >= 0.6 is 0 Å². The molecule has 0 aliphatic carbocycles. The van der Waals surface area contributed by atoms with E-state index in [1.165, 1.54) is 0 Å². The number of aryl methyl sites for hydroxylation is 1. The monoisotopic (exact) mass is 260 g/mol. The highest BCUT2D eigenvalue weighted by atomic mass is 16.5. The normalized spacial score (nSPS) is 10.1. The summed E-state index contributed by atoms with van der Waals surface area (Å²) in [5.74, 6) is 7.82. The molecule has 0 amide bonds. The Morgan fingerprint density at radius 2 is 1.79 bits per heavy atom. The van der Waals surface area contributed by atoms with Gasteiger partial charge in [-0.2, -0.15) is 0 Å². The summed E-state index contributed by atoms with van der Waals surface area (Å²) in [7, 11) is 3.18. The summed E-state index contributed by atoms with van der Waals surface area (Å²) in [6, 6.07) is 7.28. The van der Waals surface area contributed by atoms with Gasteiger partial charge in [0.15, 0.2) is 17.3 Å². The number of aromatic nitrogens is 2. The zero-order chi connectivity index (χ0) is 13.8. The van der Waals surface area contributed by atoms with Gasteiger partial charge in [0.05, 0.1) is 14.2 Å². The fourth-order valence-electron chi connectivity index (χ4n) is 1.75. The maximum atomic E-state index is 5.38. The Balaban J connectivity index is 2.49. The van der Waals surface area contributed by atoms with E-state index in [-0.39, 0.29) is 0 Å². The number of benzene rings is 1. The third-order valence-electron chi connectivity index (χ3n) is 2.64. The number of hydrogen-bond donors (Lipinski definition) is 2. The number of hydrazine groups is 1. The van der Waals surface area contributed by atoms with Crippen molar-refractivity contribution < 1.29 is 9.47 Å². The minimum absolute atomic E-state index is 0.567. The number of nitrogens with one attached hydrogen (secondary N) is 1. The van der Waals surface area contributed by atoms with Crippen molar-refractivity contribution in [2.75, 3.05) is 19.6 Å². The van der Waals surface area contributed by atoms with Gasteiger partial charge in [0, 0.05) is 17.3 Å². The second kappa shape index (κ2) is 5.53. The molecule has 1 aromatic heterocycles. The van der Waals surface area contributed by atoms with E-state index in [1.54, 1.807) is 20.3 Å². The lowest BCUT2D eigenvalue weighted by Crippen LogP contribution is -2.10. The van der Waals surface area contributed by atoms with Crippen LogP contribution in [0.4, 0.5) is 5.82 Å². The molecule has 0 aliphatic heterocycles. The van der Waals surface area contributed by atoms with E-state index in [1.807, 2.05) is 25.1 Å². The van der Waals surface area contributed by atoms with Crippen LogP contribution in [0.1, 0.15) is 5.69 Å². The Kier molecular flexibility index (Phi) is 3.82. The van der Waals surface area contributed by atoms with Gasteiger partial charge >= 0.3 is 0 Å². The Morgan fingerprint density at radius 3 is 2.42 bits per heavy atom. The molecule has 0 unspecified atom stereocenters. The van der Waals surface area contributed by atoms with Crippen molar-refractivity contribution in [3.05, 3.63) is 30.0 Å². The first-order valence-electron chi connectivity index (χ1n) is 5.72. The van der Waals surface area contributed by atoms with Gasteiger partial charge in [0.25, 0.3) is 0 Å². The molecule has 1 heterocycles. The van der Waals surface area contributed by atoms with E-state index in [4.69, 9.17) is 15.3 Å². The number of rotatable bonds is 4. The molecule has 2 aromatic rings. The molecule has 6 nitrogen and oxygen atoms in total. The molecule has 100 valence electrons. The quantitative estimate of drug-likeness (QED) is 0.644. The lowest BCUT2D eigenvalue weighted by atomic mass is 10.2. The van der Waals surface area contributed by atoms with Crippen LogP contribution in [-0.2, 0) is 0 Å². The summed E-state index contributed by atoms with van der Waals surface area (Å²) in [6.45, 7) is 1.88. The van der Waals surface area contributed by atoms with Crippen molar-refractivity contribution >= 4 is 5.82 Å². The highest BCUT2D eigenvalue weighted by molar-refractivity contribution is 5.62. The van der Waals surface area contributed by atoms with Gasteiger partial charge in [0.1, 0.15) is 5.82 Å². The summed E-state index contributed by atoms with van der Waals surface area (Å²) in [4.78, 5) is 8.69. The number of methoxy groups -OCH3 is 2. The average Bonchev–Trinajstić information content (AvgIpc) is 2.45. The van der Waals surface area contributed by atoms with Crippen LogP contribution in [-0.4, -0.2) is 24.2 Å². The van der Waals surface area contributed by atoms with E-state index in [0.717, 1.165) is 11.3 Å². The number of nitrogens with zero attached hydrogens (tertiary/aromatic N) is 2. The molecule has 0 bridgehead atoms. The van der Waals surface area contributed by atoms with Crippen molar-refractivity contribution in [1.82, 2.24) is 9.97 Å². The fourth-order valence-corrected chi connectivity index (χ4v) is 1.75. The van der Waals surface area contributed by atoms with Crippen molar-refractivity contribution in [2.45, 2.75) is 6.92 Å². The zero-order valence-corrected chi connectivity index (χ0v) is 11.1. The molecule has 0 fully saturated rings. The first kappa shape index (κ1) is 13.1. The summed E-state index contributed by atoms with van der Waals surface area (Å²) >= 11 is 0. The molecule has 0 saturated carbocycles. The molecule has 0 radical (unpaired) electrons. The average molecular weight is 260 g/mol. The predicted octanol–water partition coefficient (Wildman–Crippen LogP) is 1.75. The molecule has 0 saturated heterocycles. The van der Waals surface area contributed by atoms with Gasteiger partial charge < -0.3 is 14.9 Å². The lowest BCUT2D eigenvalue weighted by Gasteiger charge is -2.10. The van der Waals surface area contributed by atoms with Crippen molar-refractivity contribution in [2.24, 2.45) is 5.84 Å². The van der Waals surface area contributed by atoms with Crippen LogP contribution in [0.5, 0.6) is 11.5 Å². The third-order valence-corrected chi connectivity index (χ3v) is 2.64. The predicted molar refractivity (Wildman–Crippen MR) is 73.1 cm³/mol. The van der Waals surface area contributed by atoms with Crippen molar-refractivity contribution in [1.29, 1.82) is 0 Å². The van der Waals surface area contributed by atoms with Crippen LogP contribution in [0.15, 0.2) is 24.3 Å². The van der Waals surface area contributed by atoms with Crippen LogP contribution < -0.4 is 20.7 Å². The molecule has 3 N–H and O–H groups in total. The van der Waals surface area contributed by atoms with Gasteiger partial charge in [-0.25, -0.2) is 15.8 Å². The molecular formula is C13H16N4O2. The zero-order valence-electron chi connectivity index (χ0n) is 11.1. The third kappa shape index (κ3) is 2.74. The van der Waals surface area contributed by atoms with Crippen LogP contribution in [0.25, 0.3) is 11.4 Å². The van der Waals surface area contributed by atoms with Crippen LogP contribution in [0.3, 0.4) is 0 Å². The maximum Gasteiger partial charge on any atom is 0.161 e. The fraction of sp³-hybridized carbons (Fsp3) is 0.231. The molecule has 0 spiro atoms. The molecule has 0 aliphatic rings. The van der Waals surface area contributed by atoms with E-state index in [0.29, 0.717) is 23.1 Å². The first-order valence-corrected chi connectivity index (χ1v) is 5.72. The summed E-state index contributed by atoms with van der Waals surface area (Å²) < 4.78 is 10.5. The minimum Gasteiger partial charge on any atom is -0.493 e. The lowest BCUT2D eigenvalue weighted by molar-refractivity contribution is 0.355. The minimum atomic E-state index is 0.567. The molecule has 6 heteroatoms. The number of anilines is 1. The van der Waals surface area contributed by atoms with Gasteiger partial charge in [0.2, 0.25) is 0 Å². The Hall–Kier alpha value is -2.34. The Morgan fingerprint density at radius 1 is 1.05 bits per heavy atom. The van der Waals surface area contributed by atoms with Gasteiger partial charge in [-0.15, -0.1) is 0 Å². The number of nitrogen functional groups attached to an aromatic ring is 1. The Labute approximate surface area is 111 Å². The smallest absolute Gasteiger partial charge is 0.161 e. The standard InChI is InChI=1S/C13H16N4O2/c1-8-6-12(17-14)16-13(15-8)9-4-5-10(18-2)11(7-9)19-3/h4-7H,14H2,1-3H3,(H,15,16,17). The van der Waals surface area contributed by atoms with E-state index >= 15 is 0 Å². The molecule has 1 aromatic carbocycles. The van der Waals surface area contributed by atoms with Crippen molar-refractivity contribution in [3.8, 4) is 22.9 Å². The Bertz CT molecular complexity index is 587. The van der Waals surface area contributed by atoms with E-state index < -0.39 is 0 Å². The first-order chi connectivity index (χ1) is 9.17. The molecular weight excluding hydrogens is 244 g/mol. The van der Waals surface area contributed by atoms with Crippen LogP contribution in [0.2, 0.25) is 0 Å². The second-order valence-electron chi connectivity index (χ2n) is 3.93. The number of ether oxygens (including phenoxy) is 2. The molecule has 19 heavy (non-hydrogen) atoms. The summed E-state index contributed by atoms with van der Waals surface area (Å²) in [5, 5.41) is 0. The van der Waals surface area contributed by atoms with Crippen LogP contribution in [0, 0.1) is 6.92 Å². The van der Waals surface area contributed by atoms with Gasteiger partial charge in [-0.05, 0) is 25.1 Å². The second-order valence-corrected chi connectivity index (χ2v) is 3.93. The molecule has 2 rings (SSSR count). The summed E-state index contributed by atoms with van der Waals surface area (Å²) in [5.41, 5.74) is 4.18. The van der Waals surface area contributed by atoms with Gasteiger partial charge in [-0.1, -0.05) is 0 Å². The van der Waals surface area contributed by atoms with E-state index in [9.17, 15) is 0 Å². The summed E-state index contributed by atoms with van der Waals surface area (Å²) in [6.07, 6.45) is 0. The SMILES string of the molecule is COc1ccc(-c2nc(C)cc(NN)n2)cc1OC. The highest BCUT2D eigenvalue weighted by Crippen LogP contribution is 2.31.